The van der Waals surface area contributed by atoms with Crippen LogP contribution in [0.2, 0.25) is 0 Å². The van der Waals surface area contributed by atoms with Crippen molar-refractivity contribution in [2.24, 2.45) is 0 Å². The topological polar surface area (TPSA) is 90.2 Å². The molecule has 112 valence electrons. The summed E-state index contributed by atoms with van der Waals surface area (Å²) < 4.78 is 5.24. The highest BCUT2D eigenvalue weighted by atomic mass is 32.1. The number of benzene rings is 1. The fourth-order valence-corrected chi connectivity index (χ4v) is 2.96. The molecule has 0 aliphatic carbocycles. The Bertz CT molecular complexity index is 862. The lowest BCUT2D eigenvalue weighted by Crippen LogP contribution is -1.99. The molecule has 0 fully saturated rings. The van der Waals surface area contributed by atoms with Crippen LogP contribution in [-0.4, -0.2) is 22.0 Å². The van der Waals surface area contributed by atoms with Gasteiger partial charge in [0.25, 0.3) is 5.69 Å². The average Bonchev–Trinajstić information content (AvgIpc) is 2.88. The number of aromatic nitrogens is 2. The summed E-state index contributed by atoms with van der Waals surface area (Å²) in [5.74, 6) is 1.09. The summed E-state index contributed by atoms with van der Waals surface area (Å²) >= 11 is 1.56. The maximum atomic E-state index is 10.9. The van der Waals surface area contributed by atoms with E-state index in [1.54, 1.807) is 17.4 Å². The molecule has 0 bridgehead atoms. The Kier molecular flexibility index (Phi) is 3.60. The van der Waals surface area contributed by atoms with E-state index in [1.807, 2.05) is 13.0 Å². The molecule has 0 spiro atoms. The lowest BCUT2D eigenvalue weighted by atomic mass is 10.2. The standard InChI is InChI=1S/C14H12N4O3S/c1-8-5-10-13(15-7-16-14(10)22-8)17-11-6-9(18(19)20)3-4-12(11)21-2/h3-7H,1-2H3,(H,15,16,17). The Morgan fingerprint density at radius 2 is 2.14 bits per heavy atom. The molecular weight excluding hydrogens is 304 g/mol. The zero-order valence-corrected chi connectivity index (χ0v) is 12.7. The maximum absolute atomic E-state index is 10.9. The molecular formula is C14H12N4O3S. The minimum Gasteiger partial charge on any atom is -0.495 e. The van der Waals surface area contributed by atoms with Crippen molar-refractivity contribution in [3.8, 4) is 5.75 Å². The van der Waals surface area contributed by atoms with E-state index in [4.69, 9.17) is 4.74 Å². The first-order valence-corrected chi connectivity index (χ1v) is 7.20. The molecule has 0 unspecified atom stereocenters. The number of thiophene rings is 1. The SMILES string of the molecule is COc1ccc([N+](=O)[O-])cc1Nc1ncnc2sc(C)cc12. The first-order valence-electron chi connectivity index (χ1n) is 6.39. The molecule has 7 nitrogen and oxygen atoms in total. The molecule has 0 atom stereocenters. The molecule has 3 aromatic rings. The highest BCUT2D eigenvalue weighted by molar-refractivity contribution is 7.18. The van der Waals surface area contributed by atoms with Gasteiger partial charge in [-0.25, -0.2) is 9.97 Å². The second-order valence-electron chi connectivity index (χ2n) is 4.56. The molecule has 2 aromatic heterocycles. The fraction of sp³-hybridized carbons (Fsp3) is 0.143. The van der Waals surface area contributed by atoms with Crippen LogP contribution in [0.5, 0.6) is 5.75 Å². The van der Waals surface area contributed by atoms with Crippen LogP contribution in [0.1, 0.15) is 4.88 Å². The van der Waals surface area contributed by atoms with Crippen LogP contribution in [0, 0.1) is 17.0 Å². The molecule has 0 aliphatic rings. The van der Waals surface area contributed by atoms with Crippen LogP contribution in [0.25, 0.3) is 10.2 Å². The van der Waals surface area contributed by atoms with Crippen LogP contribution in [-0.2, 0) is 0 Å². The maximum Gasteiger partial charge on any atom is 0.271 e. The van der Waals surface area contributed by atoms with Gasteiger partial charge in [-0.15, -0.1) is 11.3 Å². The molecule has 1 aromatic carbocycles. The van der Waals surface area contributed by atoms with Gasteiger partial charge >= 0.3 is 0 Å². The van der Waals surface area contributed by atoms with Crippen LogP contribution >= 0.6 is 11.3 Å². The highest BCUT2D eigenvalue weighted by Crippen LogP contribution is 2.34. The third-order valence-corrected chi connectivity index (χ3v) is 4.06. The van der Waals surface area contributed by atoms with Gasteiger partial charge in [0.05, 0.1) is 23.1 Å². The van der Waals surface area contributed by atoms with Crippen LogP contribution in [0.4, 0.5) is 17.2 Å². The van der Waals surface area contributed by atoms with Crippen LogP contribution < -0.4 is 10.1 Å². The number of nitrogens with zero attached hydrogens (tertiary/aromatic N) is 3. The van der Waals surface area contributed by atoms with E-state index in [-0.39, 0.29) is 5.69 Å². The molecule has 1 N–H and O–H groups in total. The van der Waals surface area contributed by atoms with Crippen LogP contribution in [0.15, 0.2) is 30.6 Å². The van der Waals surface area contributed by atoms with Gasteiger partial charge in [-0.05, 0) is 19.1 Å². The average molecular weight is 316 g/mol. The molecule has 0 radical (unpaired) electrons. The van der Waals surface area contributed by atoms with Gasteiger partial charge in [-0.2, -0.15) is 0 Å². The second-order valence-corrected chi connectivity index (χ2v) is 5.80. The summed E-state index contributed by atoms with van der Waals surface area (Å²) in [4.78, 5) is 20.9. The molecule has 0 amide bonds. The smallest absolute Gasteiger partial charge is 0.271 e. The molecule has 0 saturated carbocycles. The van der Waals surface area contributed by atoms with E-state index >= 15 is 0 Å². The number of aryl methyl sites for hydroxylation is 1. The number of hydrogen-bond acceptors (Lipinski definition) is 7. The number of methoxy groups -OCH3 is 1. The largest absolute Gasteiger partial charge is 0.495 e. The first kappa shape index (κ1) is 14.2. The predicted molar refractivity (Wildman–Crippen MR) is 85.1 cm³/mol. The summed E-state index contributed by atoms with van der Waals surface area (Å²) in [6, 6.07) is 6.35. The number of nitro benzene ring substituents is 1. The van der Waals surface area contributed by atoms with Crippen molar-refractivity contribution in [2.75, 3.05) is 12.4 Å². The number of hydrogen-bond donors (Lipinski definition) is 1. The van der Waals surface area contributed by atoms with Gasteiger partial charge in [-0.3, -0.25) is 10.1 Å². The molecule has 0 aliphatic heterocycles. The normalized spacial score (nSPS) is 10.6. The van der Waals surface area contributed by atoms with E-state index in [1.165, 1.54) is 25.6 Å². The summed E-state index contributed by atoms with van der Waals surface area (Å²) in [6.45, 7) is 1.99. The fourth-order valence-electron chi connectivity index (χ4n) is 2.11. The van der Waals surface area contributed by atoms with Crippen LogP contribution in [0.3, 0.4) is 0 Å². The summed E-state index contributed by atoms with van der Waals surface area (Å²) in [5.41, 5.74) is 0.468. The third-order valence-electron chi connectivity index (χ3n) is 3.10. The summed E-state index contributed by atoms with van der Waals surface area (Å²) in [7, 11) is 1.51. The molecule has 2 heterocycles. The molecule has 3 rings (SSSR count). The van der Waals surface area contributed by atoms with Gasteiger partial charge in [0.15, 0.2) is 0 Å². The number of non-ortho nitro benzene ring substituents is 1. The zero-order valence-electron chi connectivity index (χ0n) is 11.9. The van der Waals surface area contributed by atoms with E-state index in [9.17, 15) is 10.1 Å². The van der Waals surface area contributed by atoms with Crippen molar-refractivity contribution >= 4 is 38.7 Å². The summed E-state index contributed by atoms with van der Waals surface area (Å²) in [5, 5.41) is 14.9. The van der Waals surface area contributed by atoms with Crippen molar-refractivity contribution in [1.29, 1.82) is 0 Å². The van der Waals surface area contributed by atoms with Gasteiger partial charge < -0.3 is 10.1 Å². The number of nitro groups is 1. The molecule has 0 saturated heterocycles. The quantitative estimate of drug-likeness (QED) is 0.583. The Morgan fingerprint density at radius 1 is 1.32 bits per heavy atom. The minimum absolute atomic E-state index is 0.0184. The summed E-state index contributed by atoms with van der Waals surface area (Å²) in [6.07, 6.45) is 1.46. The molecule has 8 heteroatoms. The minimum atomic E-state index is -0.449. The number of fused-ring (bicyclic) bond motifs is 1. The van der Waals surface area contributed by atoms with Gasteiger partial charge in [-0.1, -0.05) is 0 Å². The first-order chi connectivity index (χ1) is 10.6. The van der Waals surface area contributed by atoms with E-state index in [2.05, 4.69) is 15.3 Å². The van der Waals surface area contributed by atoms with Gasteiger partial charge in [0, 0.05) is 17.0 Å². The number of ether oxygens (including phenoxy) is 1. The van der Waals surface area contributed by atoms with E-state index in [0.29, 0.717) is 17.3 Å². The van der Waals surface area contributed by atoms with E-state index < -0.39 is 4.92 Å². The lowest BCUT2D eigenvalue weighted by Gasteiger charge is -2.10. The third kappa shape index (κ3) is 2.56. The Hall–Kier alpha value is -2.74. The lowest BCUT2D eigenvalue weighted by molar-refractivity contribution is -0.384. The highest BCUT2D eigenvalue weighted by Gasteiger charge is 2.14. The van der Waals surface area contributed by atoms with Gasteiger partial charge in [0.1, 0.15) is 22.7 Å². The Morgan fingerprint density at radius 3 is 2.86 bits per heavy atom. The van der Waals surface area contributed by atoms with Crippen molar-refractivity contribution in [2.45, 2.75) is 6.92 Å². The zero-order chi connectivity index (χ0) is 15.7. The van der Waals surface area contributed by atoms with Crippen molar-refractivity contribution in [1.82, 2.24) is 9.97 Å². The second kappa shape index (κ2) is 5.57. The Balaban J connectivity index is 2.07. The number of rotatable bonds is 4. The van der Waals surface area contributed by atoms with Gasteiger partial charge in [0.2, 0.25) is 0 Å². The monoisotopic (exact) mass is 316 g/mol. The van der Waals surface area contributed by atoms with E-state index in [0.717, 1.165) is 15.1 Å². The number of anilines is 2. The predicted octanol–water partition coefficient (Wildman–Crippen LogP) is 3.66. The number of nitrogens with one attached hydrogen (secondary N) is 1. The molecule has 22 heavy (non-hydrogen) atoms. The van der Waals surface area contributed by atoms with Crippen molar-refractivity contribution < 1.29 is 9.66 Å². The van der Waals surface area contributed by atoms with Crippen molar-refractivity contribution in [3.63, 3.8) is 0 Å². The van der Waals surface area contributed by atoms with Crippen molar-refractivity contribution in [3.05, 3.63) is 45.6 Å². The Labute approximate surface area is 129 Å².